The van der Waals surface area contributed by atoms with Gasteiger partial charge in [-0.2, -0.15) is 4.68 Å². The summed E-state index contributed by atoms with van der Waals surface area (Å²) in [4.78, 5) is 0. The minimum absolute atomic E-state index is 1.01. The van der Waals surface area contributed by atoms with E-state index in [9.17, 15) is 0 Å². The molecular formula is C14H16N3+. The number of aromatic nitrogens is 3. The Balaban J connectivity index is 2.27. The fourth-order valence-electron chi connectivity index (χ4n) is 2.36. The van der Waals surface area contributed by atoms with E-state index in [2.05, 4.69) is 76.8 Å². The Labute approximate surface area is 101 Å². The third-order valence-corrected chi connectivity index (χ3v) is 3.23. The van der Waals surface area contributed by atoms with Crippen LogP contribution in [0.2, 0.25) is 0 Å². The van der Waals surface area contributed by atoms with Crippen molar-refractivity contribution < 1.29 is 4.57 Å². The maximum absolute atomic E-state index is 2.20. The predicted octanol–water partition coefficient (Wildman–Crippen LogP) is 2.14. The van der Waals surface area contributed by atoms with Crippen molar-refractivity contribution in [2.45, 2.75) is 13.3 Å². The first-order valence-corrected chi connectivity index (χ1v) is 5.94. The standard InChI is InChI=1S/C14H16N3/c1-3-14-15(2)10-11-17(14)16-9-8-12-6-4-5-7-13(12)16/h4-11H,3H2,1-2H3/q+1. The van der Waals surface area contributed by atoms with Crippen molar-refractivity contribution >= 4 is 10.9 Å². The monoisotopic (exact) mass is 226 g/mol. The zero-order chi connectivity index (χ0) is 11.8. The average Bonchev–Trinajstić information content (AvgIpc) is 2.92. The van der Waals surface area contributed by atoms with Gasteiger partial charge >= 0.3 is 0 Å². The van der Waals surface area contributed by atoms with Gasteiger partial charge in [-0.1, -0.05) is 25.1 Å². The van der Waals surface area contributed by atoms with Gasteiger partial charge in [0.05, 0.1) is 12.6 Å². The van der Waals surface area contributed by atoms with Crippen molar-refractivity contribution in [1.82, 2.24) is 9.35 Å². The van der Waals surface area contributed by atoms with Crippen LogP contribution in [0.25, 0.3) is 10.9 Å². The van der Waals surface area contributed by atoms with Gasteiger partial charge < -0.3 is 0 Å². The molecule has 0 spiro atoms. The summed E-state index contributed by atoms with van der Waals surface area (Å²) in [5, 5.41) is 1.27. The Morgan fingerprint density at radius 1 is 1.06 bits per heavy atom. The van der Waals surface area contributed by atoms with Crippen molar-refractivity contribution in [2.24, 2.45) is 7.05 Å². The molecule has 3 rings (SSSR count). The van der Waals surface area contributed by atoms with Crippen LogP contribution in [0.5, 0.6) is 0 Å². The molecule has 0 unspecified atom stereocenters. The molecule has 0 saturated carbocycles. The lowest BCUT2D eigenvalue weighted by molar-refractivity contribution is -0.678. The number of hydrogen-bond acceptors (Lipinski definition) is 0. The summed E-state index contributed by atoms with van der Waals surface area (Å²) in [6, 6.07) is 10.6. The average molecular weight is 226 g/mol. The van der Waals surface area contributed by atoms with Gasteiger partial charge in [-0.05, 0) is 12.1 Å². The second-order valence-electron chi connectivity index (χ2n) is 4.24. The van der Waals surface area contributed by atoms with Crippen LogP contribution in [0.3, 0.4) is 0 Å². The number of aryl methyl sites for hydroxylation is 1. The maximum Gasteiger partial charge on any atom is 0.280 e. The van der Waals surface area contributed by atoms with Gasteiger partial charge in [0.15, 0.2) is 6.20 Å². The largest absolute Gasteiger partial charge is 0.280 e. The van der Waals surface area contributed by atoms with Crippen LogP contribution >= 0.6 is 0 Å². The van der Waals surface area contributed by atoms with Crippen LogP contribution in [-0.2, 0) is 13.5 Å². The Morgan fingerprint density at radius 3 is 2.71 bits per heavy atom. The number of hydrogen-bond donors (Lipinski definition) is 0. The van der Waals surface area contributed by atoms with Crippen molar-refractivity contribution in [3.05, 3.63) is 54.7 Å². The van der Waals surface area contributed by atoms with E-state index in [0.717, 1.165) is 6.42 Å². The molecule has 0 amide bonds. The summed E-state index contributed by atoms with van der Waals surface area (Å²) < 4.78 is 6.55. The molecule has 2 aromatic heterocycles. The molecule has 0 atom stereocenters. The lowest BCUT2D eigenvalue weighted by atomic mass is 10.3. The van der Waals surface area contributed by atoms with Crippen LogP contribution in [0.15, 0.2) is 48.9 Å². The highest BCUT2D eigenvalue weighted by Crippen LogP contribution is 2.15. The third-order valence-electron chi connectivity index (χ3n) is 3.23. The van der Waals surface area contributed by atoms with E-state index >= 15 is 0 Å². The summed E-state index contributed by atoms with van der Waals surface area (Å²) in [5.41, 5.74) is 1.23. The highest BCUT2D eigenvalue weighted by molar-refractivity contribution is 5.79. The van der Waals surface area contributed by atoms with Crippen LogP contribution in [0.1, 0.15) is 12.7 Å². The lowest BCUT2D eigenvalue weighted by Crippen LogP contribution is -2.32. The number of nitrogens with zero attached hydrogens (tertiary/aromatic N) is 3. The molecule has 3 heteroatoms. The first-order chi connectivity index (χ1) is 8.31. The molecule has 0 N–H and O–H groups in total. The Kier molecular flexibility index (Phi) is 2.25. The third kappa shape index (κ3) is 1.46. The smallest absolute Gasteiger partial charge is 0.235 e. The van der Waals surface area contributed by atoms with E-state index in [4.69, 9.17) is 0 Å². The van der Waals surface area contributed by atoms with E-state index in [1.165, 1.54) is 16.7 Å². The second kappa shape index (κ2) is 3.77. The van der Waals surface area contributed by atoms with Crippen LogP contribution in [0.4, 0.5) is 0 Å². The van der Waals surface area contributed by atoms with Crippen molar-refractivity contribution in [3.8, 4) is 0 Å². The molecule has 0 aliphatic heterocycles. The van der Waals surface area contributed by atoms with Crippen molar-refractivity contribution in [3.63, 3.8) is 0 Å². The summed E-state index contributed by atoms with van der Waals surface area (Å²) in [5.74, 6) is 1.28. The van der Waals surface area contributed by atoms with E-state index in [1.54, 1.807) is 0 Å². The normalized spacial score (nSPS) is 11.2. The second-order valence-corrected chi connectivity index (χ2v) is 4.24. The van der Waals surface area contributed by atoms with Gasteiger partial charge in [0, 0.05) is 18.0 Å². The summed E-state index contributed by atoms with van der Waals surface area (Å²) in [6.45, 7) is 2.18. The Hall–Kier alpha value is -2.03. The van der Waals surface area contributed by atoms with E-state index in [1.807, 2.05) is 0 Å². The Morgan fingerprint density at radius 2 is 1.88 bits per heavy atom. The molecule has 0 bridgehead atoms. The first kappa shape index (κ1) is 10.1. The van der Waals surface area contributed by atoms with E-state index < -0.39 is 0 Å². The summed E-state index contributed by atoms with van der Waals surface area (Å²) >= 11 is 0. The molecule has 3 nitrogen and oxygen atoms in total. The molecule has 86 valence electrons. The molecule has 0 fully saturated rings. The first-order valence-electron chi connectivity index (χ1n) is 5.94. The molecular weight excluding hydrogens is 210 g/mol. The fourth-order valence-corrected chi connectivity index (χ4v) is 2.36. The van der Waals surface area contributed by atoms with E-state index in [0.29, 0.717) is 0 Å². The molecule has 3 aromatic rings. The number of imidazole rings is 1. The summed E-state index contributed by atoms with van der Waals surface area (Å²) in [7, 11) is 2.08. The van der Waals surface area contributed by atoms with Crippen LogP contribution < -0.4 is 4.57 Å². The van der Waals surface area contributed by atoms with Crippen LogP contribution in [0, 0.1) is 0 Å². The van der Waals surface area contributed by atoms with Crippen molar-refractivity contribution in [2.75, 3.05) is 0 Å². The predicted molar refractivity (Wildman–Crippen MR) is 67.7 cm³/mol. The van der Waals surface area contributed by atoms with Crippen molar-refractivity contribution in [1.29, 1.82) is 0 Å². The lowest BCUT2D eigenvalue weighted by Gasteiger charge is -2.03. The van der Waals surface area contributed by atoms with Gasteiger partial charge in [-0.15, -0.1) is 4.68 Å². The van der Waals surface area contributed by atoms with Gasteiger partial charge in [0.2, 0.25) is 0 Å². The van der Waals surface area contributed by atoms with Gasteiger partial charge in [0.25, 0.3) is 5.82 Å². The van der Waals surface area contributed by atoms with E-state index in [-0.39, 0.29) is 0 Å². The molecule has 0 radical (unpaired) electrons. The molecule has 0 aliphatic carbocycles. The minimum atomic E-state index is 1.01. The number of benzene rings is 1. The zero-order valence-corrected chi connectivity index (χ0v) is 10.2. The minimum Gasteiger partial charge on any atom is -0.235 e. The molecule has 2 heterocycles. The number of fused-ring (bicyclic) bond motifs is 1. The molecule has 1 aromatic carbocycles. The fraction of sp³-hybridized carbons (Fsp3) is 0.214. The maximum atomic E-state index is 2.20. The number of rotatable bonds is 2. The van der Waals surface area contributed by atoms with Gasteiger partial charge in [-0.3, -0.25) is 0 Å². The number of para-hydroxylation sites is 1. The molecule has 0 saturated heterocycles. The van der Waals surface area contributed by atoms with Gasteiger partial charge in [0.1, 0.15) is 6.20 Å². The molecule has 0 aliphatic rings. The zero-order valence-electron chi connectivity index (χ0n) is 10.2. The highest BCUT2D eigenvalue weighted by atomic mass is 15.5. The quantitative estimate of drug-likeness (QED) is 0.594. The Bertz CT molecular complexity index is 661. The molecule has 17 heavy (non-hydrogen) atoms. The highest BCUT2D eigenvalue weighted by Gasteiger charge is 2.15. The van der Waals surface area contributed by atoms with Gasteiger partial charge in [-0.25, -0.2) is 4.57 Å². The van der Waals surface area contributed by atoms with Crippen LogP contribution in [-0.4, -0.2) is 9.35 Å². The summed E-state index contributed by atoms with van der Waals surface area (Å²) in [6.07, 6.45) is 7.32. The SMILES string of the molecule is CCc1n(-n2ccc3ccccc32)cc[n+]1C. The topological polar surface area (TPSA) is 13.7 Å².